The van der Waals surface area contributed by atoms with Gasteiger partial charge in [-0.05, 0) is 19.3 Å². The predicted molar refractivity (Wildman–Crippen MR) is 425 cm³/mol. The molecule has 19 nitrogen and oxygen atoms in total. The molecule has 3 aliphatic heterocycles. The van der Waals surface area contributed by atoms with Crippen molar-refractivity contribution in [1.29, 1.82) is 0 Å². The van der Waals surface area contributed by atoms with Crippen molar-refractivity contribution in [1.82, 2.24) is 5.32 Å². The molecule has 12 N–H and O–H groups in total. The molecule has 106 heavy (non-hydrogen) atoms. The predicted octanol–water partition coefficient (Wildman–Crippen LogP) is 16.7. The van der Waals surface area contributed by atoms with Crippen LogP contribution in [-0.4, -0.2) is 193 Å². The van der Waals surface area contributed by atoms with Crippen molar-refractivity contribution in [2.45, 2.75) is 510 Å². The Morgan fingerprint density at radius 2 is 0.585 bits per heavy atom. The number of carbonyl (C=O) groups excluding carboxylic acids is 1. The van der Waals surface area contributed by atoms with Gasteiger partial charge in [0.05, 0.1) is 38.6 Å². The molecule has 3 heterocycles. The minimum absolute atomic E-state index is 0.251. The van der Waals surface area contributed by atoms with E-state index in [2.05, 4.69) is 19.2 Å². The van der Waals surface area contributed by atoms with Gasteiger partial charge in [-0.2, -0.15) is 0 Å². The second-order valence-corrected chi connectivity index (χ2v) is 32.4. The number of hydrogen-bond donors (Lipinski definition) is 12. The summed E-state index contributed by atoms with van der Waals surface area (Å²) >= 11 is 0. The highest BCUT2D eigenvalue weighted by molar-refractivity contribution is 5.76. The first-order valence-electron chi connectivity index (χ1n) is 44.9. The highest BCUT2D eigenvalue weighted by atomic mass is 16.8. The number of carbonyl (C=O) groups is 1. The largest absolute Gasteiger partial charge is 0.394 e. The first-order valence-corrected chi connectivity index (χ1v) is 44.9. The third kappa shape index (κ3) is 46.6. The lowest BCUT2D eigenvalue weighted by molar-refractivity contribution is -0.379. The Bertz CT molecular complexity index is 1960. The lowest BCUT2D eigenvalue weighted by Gasteiger charge is -2.48. The zero-order chi connectivity index (χ0) is 76.7. The second kappa shape index (κ2) is 68.0. The van der Waals surface area contributed by atoms with Crippen molar-refractivity contribution in [3.63, 3.8) is 0 Å². The number of nitrogens with one attached hydrogen (secondary N) is 1. The molecule has 19 heteroatoms. The summed E-state index contributed by atoms with van der Waals surface area (Å²) in [5.41, 5.74) is 0. The monoisotopic (exact) mass is 1510 g/mol. The van der Waals surface area contributed by atoms with Crippen LogP contribution >= 0.6 is 0 Å². The summed E-state index contributed by atoms with van der Waals surface area (Å²) in [5.74, 6) is -0.265. The first kappa shape index (κ1) is 98.7. The Hall–Kier alpha value is -1.47. The lowest BCUT2D eigenvalue weighted by Crippen LogP contribution is -2.66. The average molecular weight is 1520 g/mol. The van der Waals surface area contributed by atoms with E-state index in [0.29, 0.717) is 6.42 Å². The van der Waals surface area contributed by atoms with Crippen LogP contribution in [0.25, 0.3) is 0 Å². The molecule has 3 rings (SSSR count). The molecule has 3 aliphatic rings. The third-order valence-electron chi connectivity index (χ3n) is 22.8. The molecule has 0 spiro atoms. The van der Waals surface area contributed by atoms with E-state index in [1.54, 1.807) is 6.08 Å². The van der Waals surface area contributed by atoms with E-state index >= 15 is 0 Å². The van der Waals surface area contributed by atoms with Crippen molar-refractivity contribution in [2.75, 3.05) is 26.4 Å². The molecule has 0 aliphatic carbocycles. The minimum atomic E-state index is -1.98. The van der Waals surface area contributed by atoms with E-state index in [-0.39, 0.29) is 18.9 Å². The number of unbranched alkanes of at least 4 members (excludes halogenated alkanes) is 58. The second-order valence-electron chi connectivity index (χ2n) is 32.4. The van der Waals surface area contributed by atoms with Crippen molar-refractivity contribution < 1.29 is 89.4 Å². The van der Waals surface area contributed by atoms with E-state index < -0.39 is 124 Å². The Kier molecular flexibility index (Phi) is 63.3. The van der Waals surface area contributed by atoms with Crippen LogP contribution in [0.15, 0.2) is 12.2 Å². The lowest BCUT2D eigenvalue weighted by atomic mass is 9.96. The highest BCUT2D eigenvalue weighted by Crippen LogP contribution is 2.34. The number of aliphatic hydroxyl groups is 11. The van der Waals surface area contributed by atoms with Gasteiger partial charge in [-0.1, -0.05) is 392 Å². The van der Waals surface area contributed by atoms with Crippen molar-refractivity contribution in [2.24, 2.45) is 0 Å². The summed E-state index contributed by atoms with van der Waals surface area (Å²) in [6, 6.07) is -0.971. The van der Waals surface area contributed by atoms with Gasteiger partial charge in [0.25, 0.3) is 0 Å². The average Bonchev–Trinajstić information content (AvgIpc) is 0.781. The van der Waals surface area contributed by atoms with Crippen molar-refractivity contribution >= 4 is 5.91 Å². The number of amides is 1. The number of allylic oxidation sites excluding steroid dienone is 1. The molecule has 3 saturated heterocycles. The van der Waals surface area contributed by atoms with Gasteiger partial charge >= 0.3 is 0 Å². The molecule has 0 aromatic carbocycles. The van der Waals surface area contributed by atoms with Crippen LogP contribution in [0.4, 0.5) is 0 Å². The van der Waals surface area contributed by atoms with Crippen LogP contribution in [0.1, 0.15) is 406 Å². The summed E-state index contributed by atoms with van der Waals surface area (Å²) in [6.07, 6.45) is 56.6. The fourth-order valence-electron chi connectivity index (χ4n) is 15.7. The van der Waals surface area contributed by atoms with Crippen LogP contribution < -0.4 is 5.32 Å². The fraction of sp³-hybridized carbons (Fsp3) is 0.966. The maximum atomic E-state index is 13.5. The normalized spacial score (nSPS) is 25.6. The van der Waals surface area contributed by atoms with Crippen LogP contribution in [-0.2, 0) is 33.2 Å². The molecule has 628 valence electrons. The molecular formula is C87H167NO18. The molecule has 17 unspecified atom stereocenters. The van der Waals surface area contributed by atoms with Gasteiger partial charge in [-0.15, -0.1) is 0 Å². The maximum absolute atomic E-state index is 13.5. The van der Waals surface area contributed by atoms with Gasteiger partial charge in [0.1, 0.15) is 73.2 Å². The molecular weight excluding hydrogens is 1350 g/mol. The Morgan fingerprint density at radius 1 is 0.330 bits per heavy atom. The molecule has 1 amide bonds. The SMILES string of the molecule is CCCCCCCCCCCCCCCCCCCCCCCCCCC/C=C/C(O)C(COC1OC(CO)C(OC2OC(CO)C(OC3OC(CO)C(O)C(O)C3O)C(O)C2O)C(O)C1O)NC(=O)CCCCCCCCCCCCCCCCCCCCCCCCCCCCCCCCCCCC. The molecule has 3 fully saturated rings. The Labute approximate surface area is 646 Å². The van der Waals surface area contributed by atoms with Crippen molar-refractivity contribution in [3.8, 4) is 0 Å². The highest BCUT2D eigenvalue weighted by Gasteiger charge is 2.54. The molecule has 17 atom stereocenters. The van der Waals surface area contributed by atoms with Crippen LogP contribution in [0.2, 0.25) is 0 Å². The third-order valence-corrected chi connectivity index (χ3v) is 22.8. The number of ether oxygens (including phenoxy) is 6. The van der Waals surface area contributed by atoms with Gasteiger partial charge in [0, 0.05) is 6.42 Å². The standard InChI is InChI=1S/C87H167NO18/c1-3-5-7-9-11-13-15-17-19-21-23-25-27-29-31-32-33-34-35-36-37-39-41-43-45-47-49-51-53-55-57-59-61-63-65-75(93)88-70(71(92)64-62-60-58-56-54-52-50-48-46-44-42-40-38-30-28-26-24-22-20-18-16-14-12-10-8-6-4-2)69-101-85-81(99)78(96)83(73(67-90)103-85)106-87-82(100)79(97)84(74(68-91)104-87)105-86-80(98)77(95)76(94)72(66-89)102-86/h62,64,70-74,76-87,89-92,94-100H,3-61,63,65-69H2,1-2H3,(H,88,93)/b64-62+. The van der Waals surface area contributed by atoms with E-state index in [1.165, 1.54) is 334 Å². The number of aliphatic hydroxyl groups excluding tert-OH is 11. The van der Waals surface area contributed by atoms with E-state index in [1.807, 2.05) is 6.08 Å². The van der Waals surface area contributed by atoms with Gasteiger partial charge in [0.2, 0.25) is 5.91 Å². The molecule has 0 aromatic rings. The smallest absolute Gasteiger partial charge is 0.220 e. The van der Waals surface area contributed by atoms with Crippen molar-refractivity contribution in [3.05, 3.63) is 12.2 Å². The topological polar surface area (TPSA) is 307 Å². The summed E-state index contributed by atoms with van der Waals surface area (Å²) in [6.45, 7) is 1.82. The van der Waals surface area contributed by atoms with Crippen LogP contribution in [0, 0.1) is 0 Å². The quantitative estimate of drug-likeness (QED) is 0.0199. The first-order chi connectivity index (χ1) is 51.8. The molecule has 0 aromatic heterocycles. The van der Waals surface area contributed by atoms with E-state index in [9.17, 15) is 61.0 Å². The van der Waals surface area contributed by atoms with Crippen LogP contribution in [0.5, 0.6) is 0 Å². The van der Waals surface area contributed by atoms with E-state index in [0.717, 1.165) is 44.9 Å². The van der Waals surface area contributed by atoms with Gasteiger partial charge in [-0.3, -0.25) is 4.79 Å². The summed E-state index contributed by atoms with van der Waals surface area (Å²) in [5, 5.41) is 121. The Morgan fingerprint density at radius 3 is 0.887 bits per heavy atom. The van der Waals surface area contributed by atoms with Crippen LogP contribution in [0.3, 0.4) is 0 Å². The summed E-state index contributed by atoms with van der Waals surface area (Å²) in [7, 11) is 0. The van der Waals surface area contributed by atoms with E-state index in [4.69, 9.17) is 28.4 Å². The Balaban J connectivity index is 1.32. The van der Waals surface area contributed by atoms with Gasteiger partial charge < -0.3 is 89.9 Å². The minimum Gasteiger partial charge on any atom is -0.394 e. The molecule has 0 saturated carbocycles. The molecule has 0 radical (unpaired) electrons. The number of rotatable bonds is 74. The molecule has 0 bridgehead atoms. The van der Waals surface area contributed by atoms with Gasteiger partial charge in [0.15, 0.2) is 18.9 Å². The zero-order valence-electron chi connectivity index (χ0n) is 67.7. The zero-order valence-corrected chi connectivity index (χ0v) is 67.7. The summed E-state index contributed by atoms with van der Waals surface area (Å²) < 4.78 is 34.5. The van der Waals surface area contributed by atoms with Gasteiger partial charge in [-0.25, -0.2) is 0 Å². The summed E-state index contributed by atoms with van der Waals surface area (Å²) in [4.78, 5) is 13.5. The maximum Gasteiger partial charge on any atom is 0.220 e. The number of hydrogen-bond acceptors (Lipinski definition) is 18. The fourth-order valence-corrected chi connectivity index (χ4v) is 15.7.